The van der Waals surface area contributed by atoms with Gasteiger partial charge in [0, 0.05) is 20.8 Å². The van der Waals surface area contributed by atoms with E-state index in [0.717, 1.165) is 11.8 Å². The number of hydrogen-bond donors (Lipinski definition) is 2. The van der Waals surface area contributed by atoms with E-state index in [0.29, 0.717) is 0 Å². The van der Waals surface area contributed by atoms with Crippen molar-refractivity contribution in [2.24, 2.45) is 5.73 Å². The fourth-order valence-corrected chi connectivity index (χ4v) is 3.21. The van der Waals surface area contributed by atoms with E-state index < -0.39 is 47.8 Å². The average molecular weight is 402 g/mol. The Labute approximate surface area is 160 Å². The SMILES string of the molecule is C#CCOC1C(OC(C)=O)C(COC(C)=O)OC(SC(=N)N)C1OC(C)=O. The van der Waals surface area contributed by atoms with Crippen molar-refractivity contribution in [1.82, 2.24) is 0 Å². The molecule has 5 atom stereocenters. The van der Waals surface area contributed by atoms with Crippen LogP contribution in [0.2, 0.25) is 0 Å². The third kappa shape index (κ3) is 7.46. The number of hydrogen-bond acceptors (Lipinski definition) is 10. The lowest BCUT2D eigenvalue weighted by atomic mass is 9.99. The third-order valence-electron chi connectivity index (χ3n) is 3.25. The summed E-state index contributed by atoms with van der Waals surface area (Å²) in [6.07, 6.45) is 1.09. The Hall–Kier alpha value is -2.29. The van der Waals surface area contributed by atoms with Gasteiger partial charge in [-0.25, -0.2) is 0 Å². The molecule has 150 valence electrons. The van der Waals surface area contributed by atoms with Crippen LogP contribution in [-0.4, -0.2) is 66.1 Å². The van der Waals surface area contributed by atoms with E-state index in [1.165, 1.54) is 20.8 Å². The number of nitrogens with one attached hydrogen (secondary N) is 1. The minimum Gasteiger partial charge on any atom is -0.463 e. The topological polar surface area (TPSA) is 147 Å². The molecule has 27 heavy (non-hydrogen) atoms. The monoisotopic (exact) mass is 402 g/mol. The van der Waals surface area contributed by atoms with Gasteiger partial charge in [0.1, 0.15) is 25.4 Å². The molecule has 0 aromatic carbocycles. The summed E-state index contributed by atoms with van der Waals surface area (Å²) in [4.78, 5) is 34.3. The van der Waals surface area contributed by atoms with Crippen molar-refractivity contribution >= 4 is 34.8 Å². The minimum absolute atomic E-state index is 0.169. The first kappa shape index (κ1) is 22.8. The van der Waals surface area contributed by atoms with Gasteiger partial charge in [-0.3, -0.25) is 19.8 Å². The molecule has 1 rings (SSSR count). The molecule has 0 amide bonds. The summed E-state index contributed by atoms with van der Waals surface area (Å²) >= 11 is 0.771. The van der Waals surface area contributed by atoms with Crippen LogP contribution in [0.25, 0.3) is 0 Å². The molecule has 1 aliphatic heterocycles. The van der Waals surface area contributed by atoms with Gasteiger partial charge in [-0.15, -0.1) is 6.42 Å². The van der Waals surface area contributed by atoms with Gasteiger partial charge in [-0.05, 0) is 0 Å². The van der Waals surface area contributed by atoms with Crippen LogP contribution < -0.4 is 5.73 Å². The molecule has 1 saturated heterocycles. The number of thioether (sulfide) groups is 1. The van der Waals surface area contributed by atoms with Gasteiger partial charge in [0.2, 0.25) is 0 Å². The van der Waals surface area contributed by atoms with E-state index in [9.17, 15) is 14.4 Å². The van der Waals surface area contributed by atoms with Crippen LogP contribution in [0.1, 0.15) is 20.8 Å². The highest BCUT2D eigenvalue weighted by Gasteiger charge is 2.51. The number of ether oxygens (including phenoxy) is 5. The highest BCUT2D eigenvalue weighted by molar-refractivity contribution is 8.14. The van der Waals surface area contributed by atoms with Crippen LogP contribution in [0.4, 0.5) is 0 Å². The fourth-order valence-electron chi connectivity index (χ4n) is 2.42. The van der Waals surface area contributed by atoms with Crippen molar-refractivity contribution in [2.75, 3.05) is 13.2 Å². The van der Waals surface area contributed by atoms with Crippen molar-refractivity contribution in [3.63, 3.8) is 0 Å². The van der Waals surface area contributed by atoms with Gasteiger partial charge in [-0.2, -0.15) is 0 Å². The first-order chi connectivity index (χ1) is 12.6. The van der Waals surface area contributed by atoms with Gasteiger partial charge >= 0.3 is 17.9 Å². The van der Waals surface area contributed by atoms with E-state index in [-0.39, 0.29) is 18.4 Å². The third-order valence-corrected chi connectivity index (χ3v) is 4.11. The first-order valence-electron chi connectivity index (χ1n) is 7.84. The summed E-state index contributed by atoms with van der Waals surface area (Å²) < 4.78 is 26.8. The Bertz CT molecular complexity index is 620. The van der Waals surface area contributed by atoms with E-state index >= 15 is 0 Å². The number of nitrogens with two attached hydrogens (primary N) is 1. The molecule has 5 unspecified atom stereocenters. The zero-order chi connectivity index (χ0) is 20.6. The molecule has 11 heteroatoms. The molecule has 0 aliphatic carbocycles. The van der Waals surface area contributed by atoms with E-state index in [4.69, 9.17) is 41.3 Å². The summed E-state index contributed by atoms with van der Waals surface area (Å²) in [5.41, 5.74) is 4.46. The number of rotatable bonds is 7. The van der Waals surface area contributed by atoms with Crippen LogP contribution in [0, 0.1) is 17.8 Å². The number of terminal acetylenes is 1. The Kier molecular flexibility index (Phi) is 9.07. The standard InChI is InChI=1S/C16H22N2O8S/c1-5-6-22-13-12(24-9(3)20)11(7-23-8(2)19)26-15(27-16(17)18)14(13)25-10(4)21/h1,11-15H,6-7H2,2-4H3,(H3,17,18). The highest BCUT2D eigenvalue weighted by atomic mass is 32.2. The fraction of sp³-hybridized carbons (Fsp3) is 0.625. The molecule has 1 aliphatic rings. The van der Waals surface area contributed by atoms with Crippen LogP contribution in [0.15, 0.2) is 0 Å². The van der Waals surface area contributed by atoms with Crippen LogP contribution in [0.5, 0.6) is 0 Å². The van der Waals surface area contributed by atoms with E-state index in [1.54, 1.807) is 0 Å². The molecule has 0 aromatic rings. The molecule has 0 aromatic heterocycles. The zero-order valence-electron chi connectivity index (χ0n) is 15.1. The molecule has 3 N–H and O–H groups in total. The van der Waals surface area contributed by atoms with Crippen molar-refractivity contribution in [2.45, 2.75) is 50.6 Å². The smallest absolute Gasteiger partial charge is 0.303 e. The van der Waals surface area contributed by atoms with Gasteiger partial charge in [0.05, 0.1) is 0 Å². The maximum Gasteiger partial charge on any atom is 0.303 e. The lowest BCUT2D eigenvalue weighted by Crippen LogP contribution is -2.61. The molecule has 0 spiro atoms. The maximum atomic E-state index is 11.6. The number of amidine groups is 1. The summed E-state index contributed by atoms with van der Waals surface area (Å²) in [5, 5.41) is 7.18. The predicted octanol–water partition coefficient (Wildman–Crippen LogP) is -0.217. The Morgan fingerprint density at radius 1 is 1.11 bits per heavy atom. The molecular formula is C16H22N2O8S. The molecular weight excluding hydrogens is 380 g/mol. The van der Waals surface area contributed by atoms with Gasteiger partial charge in [0.25, 0.3) is 0 Å². The molecule has 0 radical (unpaired) electrons. The van der Waals surface area contributed by atoms with Crippen molar-refractivity contribution < 1.29 is 38.1 Å². The second kappa shape index (κ2) is 10.8. The average Bonchev–Trinajstić information content (AvgIpc) is 2.53. The second-order valence-corrected chi connectivity index (χ2v) is 6.60. The second-order valence-electron chi connectivity index (χ2n) is 5.46. The number of esters is 3. The molecule has 10 nitrogen and oxygen atoms in total. The Morgan fingerprint density at radius 2 is 1.70 bits per heavy atom. The minimum atomic E-state index is -1.08. The van der Waals surface area contributed by atoms with E-state index in [2.05, 4.69) is 5.92 Å². The Balaban J connectivity index is 3.25. The lowest BCUT2D eigenvalue weighted by molar-refractivity contribution is -0.237. The number of carbonyl (C=O) groups excluding carboxylic acids is 3. The largest absolute Gasteiger partial charge is 0.463 e. The summed E-state index contributed by atoms with van der Waals surface area (Å²) in [6.45, 7) is 3.14. The quantitative estimate of drug-likeness (QED) is 0.193. The maximum absolute atomic E-state index is 11.6. The molecule has 0 bridgehead atoms. The van der Waals surface area contributed by atoms with Crippen molar-refractivity contribution in [3.05, 3.63) is 0 Å². The summed E-state index contributed by atoms with van der Waals surface area (Å²) in [7, 11) is 0. The molecule has 1 fully saturated rings. The molecule has 0 saturated carbocycles. The van der Waals surface area contributed by atoms with Crippen LogP contribution in [0.3, 0.4) is 0 Å². The number of carbonyl (C=O) groups is 3. The molecule has 1 heterocycles. The Morgan fingerprint density at radius 3 is 2.19 bits per heavy atom. The first-order valence-corrected chi connectivity index (χ1v) is 8.72. The van der Waals surface area contributed by atoms with Crippen LogP contribution >= 0.6 is 11.8 Å². The highest BCUT2D eigenvalue weighted by Crippen LogP contribution is 2.34. The predicted molar refractivity (Wildman–Crippen MR) is 94.5 cm³/mol. The summed E-state index contributed by atoms with van der Waals surface area (Å²) in [6, 6.07) is 0. The van der Waals surface area contributed by atoms with Gasteiger partial charge in [0.15, 0.2) is 22.8 Å². The lowest BCUT2D eigenvalue weighted by Gasteiger charge is -2.44. The van der Waals surface area contributed by atoms with Crippen molar-refractivity contribution in [1.29, 1.82) is 5.41 Å². The van der Waals surface area contributed by atoms with Crippen LogP contribution in [-0.2, 0) is 38.1 Å². The summed E-state index contributed by atoms with van der Waals surface area (Å²) in [5.74, 6) is 0.416. The zero-order valence-corrected chi connectivity index (χ0v) is 15.9. The van der Waals surface area contributed by atoms with E-state index in [1.807, 2.05) is 0 Å². The van der Waals surface area contributed by atoms with Gasteiger partial charge < -0.3 is 29.4 Å². The van der Waals surface area contributed by atoms with Crippen molar-refractivity contribution in [3.8, 4) is 12.3 Å². The van der Waals surface area contributed by atoms with Gasteiger partial charge in [-0.1, -0.05) is 17.7 Å². The normalized spacial score (nSPS) is 27.1.